The number of esters is 2. The smallest absolute Gasteiger partial charge is 0.329 e. The molecule has 0 bridgehead atoms. The van der Waals surface area contributed by atoms with Crippen molar-refractivity contribution in [2.75, 3.05) is 13.2 Å². The lowest BCUT2D eigenvalue weighted by atomic mass is 10.1. The molecule has 0 aliphatic carbocycles. The number of hydrogen-bond acceptors (Lipinski definition) is 6. The molecule has 0 saturated heterocycles. The van der Waals surface area contributed by atoms with Gasteiger partial charge in [-0.15, -0.1) is 0 Å². The number of carbonyl (C=O) groups excluding carboxylic acids is 4. The molecule has 2 rings (SSSR count). The molecule has 0 fully saturated rings. The molecule has 0 spiro atoms. The van der Waals surface area contributed by atoms with Gasteiger partial charge in [0, 0.05) is 6.42 Å². The van der Waals surface area contributed by atoms with Gasteiger partial charge in [0.05, 0.1) is 24.3 Å². The molecular formula is C17H19NO6. The molecule has 7 nitrogen and oxygen atoms in total. The van der Waals surface area contributed by atoms with Crippen molar-refractivity contribution in [3.05, 3.63) is 35.4 Å². The Hall–Kier alpha value is -2.70. The molecule has 1 atom stereocenters. The molecule has 1 aliphatic rings. The Morgan fingerprint density at radius 2 is 1.54 bits per heavy atom. The quantitative estimate of drug-likeness (QED) is 0.555. The van der Waals surface area contributed by atoms with Crippen LogP contribution in [0.2, 0.25) is 0 Å². The Balaban J connectivity index is 2.24. The lowest BCUT2D eigenvalue weighted by Crippen LogP contribution is -2.46. The van der Waals surface area contributed by atoms with Gasteiger partial charge in [0.2, 0.25) is 0 Å². The zero-order valence-electron chi connectivity index (χ0n) is 13.6. The Bertz CT molecular complexity index is 634. The molecule has 1 heterocycles. The van der Waals surface area contributed by atoms with Gasteiger partial charge in [0.15, 0.2) is 0 Å². The van der Waals surface area contributed by atoms with Crippen LogP contribution in [0.15, 0.2) is 24.3 Å². The van der Waals surface area contributed by atoms with Crippen LogP contribution in [0.3, 0.4) is 0 Å². The van der Waals surface area contributed by atoms with E-state index in [2.05, 4.69) is 0 Å². The zero-order chi connectivity index (χ0) is 17.7. The standard InChI is InChI=1S/C17H19NO6/c1-3-23-14(19)10-9-13(17(22)24-4-2)18-15(20)11-7-5-6-8-12(11)16(18)21/h5-8,13H,3-4,9-10H2,1-2H3/t13-/m0/s1. The van der Waals surface area contributed by atoms with Gasteiger partial charge in [-0.2, -0.15) is 0 Å². The number of amides is 2. The van der Waals surface area contributed by atoms with Gasteiger partial charge in [-0.1, -0.05) is 12.1 Å². The maximum absolute atomic E-state index is 12.5. The summed E-state index contributed by atoms with van der Waals surface area (Å²) in [5.41, 5.74) is 0.487. The summed E-state index contributed by atoms with van der Waals surface area (Å²) in [6.45, 7) is 3.63. The first-order chi connectivity index (χ1) is 11.5. The van der Waals surface area contributed by atoms with E-state index < -0.39 is 29.8 Å². The van der Waals surface area contributed by atoms with E-state index in [9.17, 15) is 19.2 Å². The van der Waals surface area contributed by atoms with Crippen LogP contribution in [0.25, 0.3) is 0 Å². The highest BCUT2D eigenvalue weighted by Crippen LogP contribution is 2.26. The maximum atomic E-state index is 12.5. The summed E-state index contributed by atoms with van der Waals surface area (Å²) in [5.74, 6) is -2.32. The number of rotatable bonds is 7. The predicted molar refractivity (Wildman–Crippen MR) is 83.2 cm³/mol. The molecule has 0 unspecified atom stereocenters. The van der Waals surface area contributed by atoms with Gasteiger partial charge in [-0.05, 0) is 32.4 Å². The van der Waals surface area contributed by atoms with Crippen LogP contribution in [0.1, 0.15) is 47.4 Å². The lowest BCUT2D eigenvalue weighted by molar-refractivity contribution is -0.149. The first-order valence-electron chi connectivity index (χ1n) is 7.80. The molecule has 0 aromatic heterocycles. The second kappa shape index (κ2) is 7.72. The van der Waals surface area contributed by atoms with E-state index in [0.29, 0.717) is 0 Å². The number of benzene rings is 1. The van der Waals surface area contributed by atoms with Crippen molar-refractivity contribution < 1.29 is 28.7 Å². The third-order valence-corrected chi connectivity index (χ3v) is 3.62. The largest absolute Gasteiger partial charge is 0.466 e. The van der Waals surface area contributed by atoms with E-state index in [1.54, 1.807) is 26.0 Å². The average Bonchev–Trinajstić information content (AvgIpc) is 2.81. The summed E-state index contributed by atoms with van der Waals surface area (Å²) < 4.78 is 9.80. The number of fused-ring (bicyclic) bond motifs is 1. The van der Waals surface area contributed by atoms with Crippen molar-refractivity contribution >= 4 is 23.8 Å². The summed E-state index contributed by atoms with van der Waals surface area (Å²) in [4.78, 5) is 49.7. The summed E-state index contributed by atoms with van der Waals surface area (Å²) >= 11 is 0. The first kappa shape index (κ1) is 17.7. The number of nitrogens with zero attached hydrogens (tertiary/aromatic N) is 1. The second-order valence-electron chi connectivity index (χ2n) is 5.14. The Labute approximate surface area is 139 Å². The van der Waals surface area contributed by atoms with Gasteiger partial charge >= 0.3 is 11.9 Å². The molecule has 2 amide bonds. The molecule has 24 heavy (non-hydrogen) atoms. The van der Waals surface area contributed by atoms with Crippen molar-refractivity contribution in [2.24, 2.45) is 0 Å². The van der Waals surface area contributed by atoms with Crippen LogP contribution in [0, 0.1) is 0 Å². The van der Waals surface area contributed by atoms with Crippen LogP contribution in [0.5, 0.6) is 0 Å². The molecule has 0 saturated carbocycles. The Morgan fingerprint density at radius 3 is 2.04 bits per heavy atom. The molecule has 1 aromatic rings. The van der Waals surface area contributed by atoms with Gasteiger partial charge in [0.25, 0.3) is 11.8 Å². The zero-order valence-corrected chi connectivity index (χ0v) is 13.6. The molecule has 1 aromatic carbocycles. The SMILES string of the molecule is CCOC(=O)CC[C@@H](C(=O)OCC)N1C(=O)c2ccccc2C1=O. The molecule has 1 aliphatic heterocycles. The normalized spacial score (nSPS) is 14.3. The van der Waals surface area contributed by atoms with Crippen molar-refractivity contribution in [3.63, 3.8) is 0 Å². The highest BCUT2D eigenvalue weighted by Gasteiger charge is 2.43. The number of carbonyl (C=O) groups is 4. The summed E-state index contributed by atoms with van der Waals surface area (Å²) in [6.07, 6.45) is -0.131. The molecule has 0 N–H and O–H groups in total. The summed E-state index contributed by atoms with van der Waals surface area (Å²) in [7, 11) is 0. The summed E-state index contributed by atoms with van der Waals surface area (Å²) in [6, 6.07) is 5.20. The van der Waals surface area contributed by atoms with E-state index in [1.165, 1.54) is 12.1 Å². The lowest BCUT2D eigenvalue weighted by Gasteiger charge is -2.24. The average molecular weight is 333 g/mol. The van der Waals surface area contributed by atoms with Crippen molar-refractivity contribution in [3.8, 4) is 0 Å². The van der Waals surface area contributed by atoms with Gasteiger partial charge in [0.1, 0.15) is 6.04 Å². The van der Waals surface area contributed by atoms with E-state index >= 15 is 0 Å². The van der Waals surface area contributed by atoms with Crippen molar-refractivity contribution in [1.82, 2.24) is 4.90 Å². The van der Waals surface area contributed by atoms with E-state index in [1.807, 2.05) is 0 Å². The van der Waals surface area contributed by atoms with E-state index in [0.717, 1.165) is 4.90 Å². The van der Waals surface area contributed by atoms with Gasteiger partial charge < -0.3 is 9.47 Å². The third kappa shape index (κ3) is 3.45. The van der Waals surface area contributed by atoms with Gasteiger partial charge in [-0.25, -0.2) is 4.79 Å². The van der Waals surface area contributed by atoms with E-state index in [-0.39, 0.29) is 37.2 Å². The third-order valence-electron chi connectivity index (χ3n) is 3.62. The Morgan fingerprint density at radius 1 is 1.00 bits per heavy atom. The van der Waals surface area contributed by atoms with Crippen molar-refractivity contribution in [1.29, 1.82) is 0 Å². The fourth-order valence-corrected chi connectivity index (χ4v) is 2.57. The molecule has 7 heteroatoms. The second-order valence-corrected chi connectivity index (χ2v) is 5.14. The van der Waals surface area contributed by atoms with E-state index in [4.69, 9.17) is 9.47 Å². The predicted octanol–water partition coefficient (Wildman–Crippen LogP) is 1.56. The molecular weight excluding hydrogens is 314 g/mol. The molecule has 0 radical (unpaired) electrons. The minimum absolute atomic E-state index is 0.0386. The fourth-order valence-electron chi connectivity index (χ4n) is 2.57. The van der Waals surface area contributed by atoms with Crippen molar-refractivity contribution in [2.45, 2.75) is 32.7 Å². The van der Waals surface area contributed by atoms with Crippen LogP contribution >= 0.6 is 0 Å². The highest BCUT2D eigenvalue weighted by atomic mass is 16.5. The maximum Gasteiger partial charge on any atom is 0.329 e. The minimum atomic E-state index is -1.15. The fraction of sp³-hybridized carbons (Fsp3) is 0.412. The number of hydrogen-bond donors (Lipinski definition) is 0. The Kier molecular flexibility index (Phi) is 5.68. The summed E-state index contributed by atoms with van der Waals surface area (Å²) in [5, 5.41) is 0. The number of ether oxygens (including phenoxy) is 2. The monoisotopic (exact) mass is 333 g/mol. The first-order valence-corrected chi connectivity index (χ1v) is 7.80. The van der Waals surface area contributed by atoms with Gasteiger partial charge in [-0.3, -0.25) is 19.3 Å². The molecule has 128 valence electrons. The van der Waals surface area contributed by atoms with Crippen LogP contribution in [-0.2, 0) is 19.1 Å². The van der Waals surface area contributed by atoms with Crippen LogP contribution < -0.4 is 0 Å². The topological polar surface area (TPSA) is 90.0 Å². The van der Waals surface area contributed by atoms with Crippen LogP contribution in [0.4, 0.5) is 0 Å². The van der Waals surface area contributed by atoms with Crippen LogP contribution in [-0.4, -0.2) is 47.9 Å². The minimum Gasteiger partial charge on any atom is -0.466 e. The highest BCUT2D eigenvalue weighted by molar-refractivity contribution is 6.22. The number of imide groups is 1.